The number of sulfone groups is 1. The Morgan fingerprint density at radius 2 is 1.94 bits per heavy atom. The van der Waals surface area contributed by atoms with Gasteiger partial charge in [0.15, 0.2) is 15.0 Å². The van der Waals surface area contributed by atoms with Crippen LogP contribution in [0.3, 0.4) is 0 Å². The Hall–Kier alpha value is -2.47. The van der Waals surface area contributed by atoms with Crippen molar-refractivity contribution in [2.75, 3.05) is 37.2 Å². The van der Waals surface area contributed by atoms with E-state index in [4.69, 9.17) is 14.2 Å². The fraction of sp³-hybridized carbons (Fsp3) is 0.550. The number of ether oxygens (including phenoxy) is 3. The number of benzene rings is 1. The minimum atomic E-state index is -3.21. The number of methoxy groups -OCH3 is 2. The molecule has 1 N–H and O–H groups in total. The topological polar surface area (TPSA) is 124 Å². The highest BCUT2D eigenvalue weighted by molar-refractivity contribution is 8.16. The van der Waals surface area contributed by atoms with E-state index >= 15 is 0 Å². The molecule has 176 valence electrons. The van der Waals surface area contributed by atoms with Gasteiger partial charge in [-0.3, -0.25) is 4.79 Å². The predicted octanol–water partition coefficient (Wildman–Crippen LogP) is 1.83. The first-order valence-electron chi connectivity index (χ1n) is 9.89. The van der Waals surface area contributed by atoms with E-state index in [-0.39, 0.29) is 23.3 Å². The molecule has 0 unspecified atom stereocenters. The predicted molar refractivity (Wildman–Crippen MR) is 123 cm³/mol. The molecule has 10 nitrogen and oxygen atoms in total. The summed E-state index contributed by atoms with van der Waals surface area (Å²) in [5, 5.41) is 2.48. The average Bonchev–Trinajstić information content (AvgIpc) is 3.15. The monoisotopic (exact) mass is 485 g/mol. The molecule has 32 heavy (non-hydrogen) atoms. The number of rotatable bonds is 5. The number of fused-ring (bicyclic) bond motifs is 1. The third-order valence-corrected chi connectivity index (χ3v) is 7.93. The van der Waals surface area contributed by atoms with Gasteiger partial charge in [0.25, 0.3) is 5.91 Å². The van der Waals surface area contributed by atoms with E-state index in [0.717, 1.165) is 0 Å². The van der Waals surface area contributed by atoms with E-state index in [1.807, 2.05) is 0 Å². The summed E-state index contributed by atoms with van der Waals surface area (Å²) in [5.41, 5.74) is -0.109. The van der Waals surface area contributed by atoms with Gasteiger partial charge in [-0.05, 0) is 32.9 Å². The van der Waals surface area contributed by atoms with Crippen LogP contribution < -0.4 is 19.7 Å². The second kappa shape index (κ2) is 9.18. The Labute approximate surface area is 191 Å². The molecule has 2 atom stereocenters. The quantitative estimate of drug-likeness (QED) is 0.665. The van der Waals surface area contributed by atoms with Crippen molar-refractivity contribution in [3.05, 3.63) is 18.2 Å². The zero-order valence-corrected chi connectivity index (χ0v) is 20.2. The van der Waals surface area contributed by atoms with Gasteiger partial charge < -0.3 is 24.4 Å². The molecule has 12 heteroatoms. The number of hydrogen-bond acceptors (Lipinski definition) is 8. The summed E-state index contributed by atoms with van der Waals surface area (Å²) in [4.78, 5) is 30.2. The number of thioether (sulfide) groups is 1. The molecule has 1 aromatic carbocycles. The molecule has 0 aromatic heterocycles. The number of amidine groups is 1. The fourth-order valence-corrected chi connectivity index (χ4v) is 7.36. The fourth-order valence-electron chi connectivity index (χ4n) is 3.44. The van der Waals surface area contributed by atoms with E-state index < -0.39 is 33.5 Å². The summed E-state index contributed by atoms with van der Waals surface area (Å²) in [6.45, 7) is 4.81. The van der Waals surface area contributed by atoms with Gasteiger partial charge in [0.2, 0.25) is 0 Å². The molecule has 1 aromatic rings. The molecule has 2 aliphatic heterocycles. The maximum absolute atomic E-state index is 12.5. The van der Waals surface area contributed by atoms with Crippen LogP contribution in [0.15, 0.2) is 23.2 Å². The van der Waals surface area contributed by atoms with Crippen LogP contribution >= 0.6 is 11.8 Å². The van der Waals surface area contributed by atoms with Crippen LogP contribution in [0.25, 0.3) is 0 Å². The lowest BCUT2D eigenvalue weighted by Crippen LogP contribution is -2.39. The van der Waals surface area contributed by atoms with E-state index in [1.165, 1.54) is 26.0 Å². The normalized spacial score (nSPS) is 23.0. The summed E-state index contributed by atoms with van der Waals surface area (Å²) in [6, 6.07) is 4.76. The smallest absolute Gasteiger partial charge is 0.408 e. The Kier molecular flexibility index (Phi) is 6.94. The number of hydrogen-bond donors (Lipinski definition) is 1. The lowest BCUT2D eigenvalue weighted by Gasteiger charge is -2.26. The molecule has 0 saturated carbocycles. The van der Waals surface area contributed by atoms with Crippen LogP contribution in [0, 0.1) is 0 Å². The van der Waals surface area contributed by atoms with Gasteiger partial charge in [-0.15, -0.1) is 0 Å². The van der Waals surface area contributed by atoms with Gasteiger partial charge in [0.1, 0.15) is 23.6 Å². The summed E-state index contributed by atoms with van der Waals surface area (Å²) >= 11 is 1.23. The number of nitrogens with zero attached hydrogens (tertiary/aromatic N) is 2. The van der Waals surface area contributed by atoms with Crippen molar-refractivity contribution in [3.63, 3.8) is 0 Å². The van der Waals surface area contributed by atoms with Crippen LogP contribution in [0.2, 0.25) is 0 Å². The van der Waals surface area contributed by atoms with Gasteiger partial charge in [-0.2, -0.15) is 4.99 Å². The SMILES string of the molecule is COc1ccc(N2C(=NC(=O)CNC(=O)OC(C)(C)C)S[C@H]3CS(=O)(=O)C[C@@H]32)c(OC)c1. The minimum absolute atomic E-state index is 0.000667. The summed E-state index contributed by atoms with van der Waals surface area (Å²) in [6.07, 6.45) is -0.721. The van der Waals surface area contributed by atoms with Crippen molar-refractivity contribution < 1.29 is 32.2 Å². The van der Waals surface area contributed by atoms with Crippen molar-refractivity contribution in [2.45, 2.75) is 37.7 Å². The number of nitrogens with one attached hydrogen (secondary N) is 1. The third kappa shape index (κ3) is 5.66. The molecule has 0 radical (unpaired) electrons. The second-order valence-corrected chi connectivity index (χ2v) is 11.7. The molecule has 0 aliphatic carbocycles. The molecule has 0 spiro atoms. The van der Waals surface area contributed by atoms with Crippen molar-refractivity contribution in [3.8, 4) is 11.5 Å². The highest BCUT2D eigenvalue weighted by Gasteiger charge is 2.50. The molecular formula is C20H27N3O7S2. The van der Waals surface area contributed by atoms with E-state index in [9.17, 15) is 18.0 Å². The van der Waals surface area contributed by atoms with Crippen molar-refractivity contribution in [2.24, 2.45) is 4.99 Å². The number of amides is 2. The van der Waals surface area contributed by atoms with Crippen molar-refractivity contribution in [1.29, 1.82) is 0 Å². The largest absolute Gasteiger partial charge is 0.497 e. The summed E-state index contributed by atoms with van der Waals surface area (Å²) in [5.74, 6) is 0.397. The zero-order valence-electron chi connectivity index (χ0n) is 18.6. The Bertz CT molecular complexity index is 1030. The minimum Gasteiger partial charge on any atom is -0.497 e. The maximum atomic E-state index is 12.5. The van der Waals surface area contributed by atoms with Gasteiger partial charge in [0, 0.05) is 11.3 Å². The van der Waals surface area contributed by atoms with E-state index in [1.54, 1.807) is 43.9 Å². The van der Waals surface area contributed by atoms with Crippen LogP contribution in [0.1, 0.15) is 20.8 Å². The van der Waals surface area contributed by atoms with Crippen molar-refractivity contribution >= 4 is 44.5 Å². The number of carbonyl (C=O) groups excluding carboxylic acids is 2. The van der Waals surface area contributed by atoms with E-state index in [0.29, 0.717) is 22.4 Å². The standard InChI is InChI=1S/C20H27N3O7S2/c1-20(2,3)30-19(25)21-9-17(24)22-18-23(14-10-32(26,27)11-16(14)31-18)13-7-6-12(28-4)8-15(13)29-5/h6-8,14,16H,9-11H2,1-5H3,(H,21,25)/t14-,16-/m0/s1. The Morgan fingerprint density at radius 1 is 1.22 bits per heavy atom. The van der Waals surface area contributed by atoms with E-state index in [2.05, 4.69) is 10.3 Å². The van der Waals surface area contributed by atoms with Crippen LogP contribution in [-0.4, -0.2) is 74.7 Å². The number of aliphatic imine (C=N–C) groups is 1. The molecule has 2 heterocycles. The number of alkyl carbamates (subject to hydrolysis) is 1. The molecule has 3 rings (SSSR count). The molecular weight excluding hydrogens is 458 g/mol. The molecule has 2 aliphatic rings. The molecule has 2 amide bonds. The zero-order chi connectivity index (χ0) is 23.7. The van der Waals surface area contributed by atoms with Gasteiger partial charge in [-0.25, -0.2) is 13.2 Å². The lowest BCUT2D eigenvalue weighted by atomic mass is 10.2. The third-order valence-electron chi connectivity index (χ3n) is 4.72. The van der Waals surface area contributed by atoms with Gasteiger partial charge in [-0.1, -0.05) is 11.8 Å². The number of carbonyl (C=O) groups is 2. The van der Waals surface area contributed by atoms with Gasteiger partial charge >= 0.3 is 6.09 Å². The highest BCUT2D eigenvalue weighted by Crippen LogP contribution is 2.44. The van der Waals surface area contributed by atoms with Crippen LogP contribution in [-0.2, 0) is 19.4 Å². The Morgan fingerprint density at radius 3 is 2.56 bits per heavy atom. The highest BCUT2D eigenvalue weighted by atomic mass is 32.2. The second-order valence-electron chi connectivity index (χ2n) is 8.35. The lowest BCUT2D eigenvalue weighted by molar-refractivity contribution is -0.117. The maximum Gasteiger partial charge on any atom is 0.408 e. The van der Waals surface area contributed by atoms with Crippen molar-refractivity contribution in [1.82, 2.24) is 5.32 Å². The molecule has 2 fully saturated rings. The first kappa shape index (κ1) is 24.2. The molecule has 0 bridgehead atoms. The number of anilines is 1. The first-order chi connectivity index (χ1) is 14.9. The molecule has 2 saturated heterocycles. The average molecular weight is 486 g/mol. The van der Waals surface area contributed by atoms with Gasteiger partial charge in [0.05, 0.1) is 37.5 Å². The Balaban J connectivity index is 1.86. The summed E-state index contributed by atoms with van der Waals surface area (Å²) < 4.78 is 40.3. The van der Waals surface area contributed by atoms with Crippen LogP contribution in [0.5, 0.6) is 11.5 Å². The summed E-state index contributed by atoms with van der Waals surface area (Å²) in [7, 11) is -0.183. The first-order valence-corrected chi connectivity index (χ1v) is 12.6. The van der Waals surface area contributed by atoms with Crippen LogP contribution in [0.4, 0.5) is 10.5 Å².